The molecule has 0 aliphatic rings. The van der Waals surface area contributed by atoms with Crippen molar-refractivity contribution in [3.63, 3.8) is 0 Å². The molecule has 0 radical (unpaired) electrons. The fourth-order valence-corrected chi connectivity index (χ4v) is 3.60. The summed E-state index contributed by atoms with van der Waals surface area (Å²) in [6, 6.07) is 18.8. The molecule has 2 aromatic carbocycles. The van der Waals surface area contributed by atoms with E-state index in [0.29, 0.717) is 27.6 Å². The molecule has 2 heterocycles. The van der Waals surface area contributed by atoms with Crippen molar-refractivity contribution in [3.05, 3.63) is 99.0 Å². The Bertz CT molecular complexity index is 1200. The lowest BCUT2D eigenvalue weighted by atomic mass is 10.2. The number of anilines is 1. The molecule has 0 atom stereocenters. The van der Waals surface area contributed by atoms with Crippen LogP contribution in [0.3, 0.4) is 0 Å². The second-order valence-electron chi connectivity index (χ2n) is 7.16. The maximum Gasteiger partial charge on any atom is 0.292 e. The second kappa shape index (κ2) is 10.1. The van der Waals surface area contributed by atoms with Crippen LogP contribution < -0.4 is 10.1 Å². The smallest absolute Gasteiger partial charge is 0.292 e. The van der Waals surface area contributed by atoms with Gasteiger partial charge in [-0.15, -0.1) is 0 Å². The van der Waals surface area contributed by atoms with E-state index in [0.717, 1.165) is 17.7 Å². The van der Waals surface area contributed by atoms with E-state index >= 15 is 0 Å². The van der Waals surface area contributed by atoms with Crippen molar-refractivity contribution in [3.8, 4) is 5.75 Å². The van der Waals surface area contributed by atoms with Crippen molar-refractivity contribution in [1.82, 2.24) is 9.78 Å². The quantitative estimate of drug-likeness (QED) is 0.298. The van der Waals surface area contributed by atoms with Gasteiger partial charge < -0.3 is 14.5 Å². The van der Waals surface area contributed by atoms with Crippen LogP contribution in [-0.4, -0.2) is 15.7 Å². The molecule has 0 aliphatic heterocycles. The molecule has 32 heavy (non-hydrogen) atoms. The van der Waals surface area contributed by atoms with Crippen molar-refractivity contribution in [1.29, 1.82) is 0 Å². The molecule has 0 aliphatic carbocycles. The minimum Gasteiger partial charge on any atom is -0.486 e. The molecule has 1 amide bonds. The van der Waals surface area contributed by atoms with Crippen LogP contribution in [-0.2, 0) is 19.6 Å². The number of nitrogens with zero attached hydrogens (tertiary/aromatic N) is 2. The zero-order valence-electron chi connectivity index (χ0n) is 17.3. The SMILES string of the molecule is CCc1ccc(OCc2ccc(C(=O)Nc3nn(Cc4ccc(Cl)cc4)cc3Br)o2)cc1. The van der Waals surface area contributed by atoms with Crippen LogP contribution in [0.4, 0.5) is 5.82 Å². The fraction of sp³-hybridized carbons (Fsp3) is 0.167. The van der Waals surface area contributed by atoms with Gasteiger partial charge in [0.05, 0.1) is 11.0 Å². The number of aryl methyl sites for hydroxylation is 1. The summed E-state index contributed by atoms with van der Waals surface area (Å²) in [5.74, 6) is 1.51. The summed E-state index contributed by atoms with van der Waals surface area (Å²) in [5, 5.41) is 7.88. The largest absolute Gasteiger partial charge is 0.486 e. The molecular weight excluding hydrogens is 494 g/mol. The van der Waals surface area contributed by atoms with E-state index in [-0.39, 0.29) is 18.3 Å². The number of hydrogen-bond donors (Lipinski definition) is 1. The zero-order valence-corrected chi connectivity index (χ0v) is 19.7. The molecule has 1 N–H and O–H groups in total. The number of halogens is 2. The van der Waals surface area contributed by atoms with Crippen molar-refractivity contribution in [2.24, 2.45) is 0 Å². The Hall–Kier alpha value is -3.03. The van der Waals surface area contributed by atoms with Gasteiger partial charge in [-0.3, -0.25) is 9.48 Å². The van der Waals surface area contributed by atoms with E-state index in [1.54, 1.807) is 23.0 Å². The van der Waals surface area contributed by atoms with Crippen molar-refractivity contribution in [2.45, 2.75) is 26.5 Å². The van der Waals surface area contributed by atoms with E-state index in [1.807, 2.05) is 48.5 Å². The number of amides is 1. The number of hydrogen-bond acceptors (Lipinski definition) is 4. The van der Waals surface area contributed by atoms with Gasteiger partial charge in [-0.1, -0.05) is 42.8 Å². The standard InChI is InChI=1S/C24H21BrClN3O3/c1-2-16-5-9-19(10-6-16)31-15-20-11-12-22(32-20)24(30)27-23-21(25)14-29(28-23)13-17-3-7-18(26)8-4-17/h3-12,14H,2,13,15H2,1H3,(H,27,28,30). The number of ether oxygens (including phenoxy) is 1. The average molecular weight is 515 g/mol. The third-order valence-electron chi connectivity index (χ3n) is 4.80. The van der Waals surface area contributed by atoms with Gasteiger partial charge in [0, 0.05) is 11.2 Å². The molecule has 164 valence electrons. The summed E-state index contributed by atoms with van der Waals surface area (Å²) in [7, 11) is 0. The Morgan fingerprint density at radius 3 is 2.53 bits per heavy atom. The van der Waals surface area contributed by atoms with Crippen LogP contribution in [0.2, 0.25) is 5.02 Å². The van der Waals surface area contributed by atoms with Gasteiger partial charge in [-0.25, -0.2) is 0 Å². The second-order valence-corrected chi connectivity index (χ2v) is 8.45. The maximum atomic E-state index is 12.6. The highest BCUT2D eigenvalue weighted by Gasteiger charge is 2.16. The molecule has 2 aromatic heterocycles. The molecule has 0 unspecified atom stereocenters. The minimum atomic E-state index is -0.388. The summed E-state index contributed by atoms with van der Waals surface area (Å²) in [4.78, 5) is 12.6. The molecule has 0 spiro atoms. The number of rotatable bonds is 8. The lowest BCUT2D eigenvalue weighted by Crippen LogP contribution is -2.12. The fourth-order valence-electron chi connectivity index (χ4n) is 3.06. The third-order valence-corrected chi connectivity index (χ3v) is 5.64. The van der Waals surface area contributed by atoms with Crippen LogP contribution in [0.5, 0.6) is 5.75 Å². The van der Waals surface area contributed by atoms with E-state index in [1.165, 1.54) is 5.56 Å². The van der Waals surface area contributed by atoms with Crippen LogP contribution in [0.15, 0.2) is 75.8 Å². The lowest BCUT2D eigenvalue weighted by Gasteiger charge is -2.05. The van der Waals surface area contributed by atoms with Crippen LogP contribution in [0.25, 0.3) is 0 Å². The Morgan fingerprint density at radius 1 is 1.09 bits per heavy atom. The number of furan rings is 1. The number of benzene rings is 2. The Morgan fingerprint density at radius 2 is 1.81 bits per heavy atom. The summed E-state index contributed by atoms with van der Waals surface area (Å²) in [6.45, 7) is 2.89. The highest BCUT2D eigenvalue weighted by Crippen LogP contribution is 2.23. The van der Waals surface area contributed by atoms with Gasteiger partial charge in [0.25, 0.3) is 5.91 Å². The Kier molecular flexibility index (Phi) is 6.97. The molecule has 8 heteroatoms. The summed E-state index contributed by atoms with van der Waals surface area (Å²) >= 11 is 9.37. The third kappa shape index (κ3) is 5.60. The first-order valence-electron chi connectivity index (χ1n) is 10.1. The molecule has 4 rings (SSSR count). The number of carbonyl (C=O) groups excluding carboxylic acids is 1. The van der Waals surface area contributed by atoms with Crippen LogP contribution in [0.1, 0.15) is 34.4 Å². The highest BCUT2D eigenvalue weighted by molar-refractivity contribution is 9.10. The van der Waals surface area contributed by atoms with Crippen molar-refractivity contribution < 1.29 is 13.9 Å². The van der Waals surface area contributed by atoms with E-state index in [2.05, 4.69) is 33.3 Å². The molecule has 4 aromatic rings. The van der Waals surface area contributed by atoms with Crippen molar-refractivity contribution >= 4 is 39.3 Å². The first kappa shape index (κ1) is 22.2. The van der Waals surface area contributed by atoms with Gasteiger partial charge >= 0.3 is 0 Å². The van der Waals surface area contributed by atoms with Gasteiger partial charge in [0.1, 0.15) is 18.1 Å². The van der Waals surface area contributed by atoms with E-state index < -0.39 is 0 Å². The molecule has 0 fully saturated rings. The van der Waals surface area contributed by atoms with Gasteiger partial charge in [0.2, 0.25) is 0 Å². The van der Waals surface area contributed by atoms with Crippen LogP contribution in [0, 0.1) is 0 Å². The predicted octanol–water partition coefficient (Wildman–Crippen LogP) is 6.33. The normalized spacial score (nSPS) is 10.8. The van der Waals surface area contributed by atoms with Gasteiger partial charge in [-0.05, 0) is 69.9 Å². The summed E-state index contributed by atoms with van der Waals surface area (Å²) in [5.41, 5.74) is 2.29. The molecule has 6 nitrogen and oxygen atoms in total. The number of carbonyl (C=O) groups is 1. The lowest BCUT2D eigenvalue weighted by molar-refractivity contribution is 0.0992. The molecule has 0 saturated carbocycles. The maximum absolute atomic E-state index is 12.6. The molecule has 0 saturated heterocycles. The number of aromatic nitrogens is 2. The average Bonchev–Trinajstić information content (AvgIpc) is 3.41. The van der Waals surface area contributed by atoms with E-state index in [4.69, 9.17) is 20.8 Å². The Labute approximate surface area is 199 Å². The highest BCUT2D eigenvalue weighted by atomic mass is 79.9. The van der Waals surface area contributed by atoms with E-state index in [9.17, 15) is 4.79 Å². The van der Waals surface area contributed by atoms with Crippen molar-refractivity contribution in [2.75, 3.05) is 5.32 Å². The zero-order chi connectivity index (χ0) is 22.5. The predicted molar refractivity (Wildman–Crippen MR) is 127 cm³/mol. The number of nitrogens with one attached hydrogen (secondary N) is 1. The monoisotopic (exact) mass is 513 g/mol. The topological polar surface area (TPSA) is 69.3 Å². The van der Waals surface area contributed by atoms with Gasteiger partial charge in [0.15, 0.2) is 11.6 Å². The first-order chi connectivity index (χ1) is 15.5. The molecule has 0 bridgehead atoms. The minimum absolute atomic E-state index is 0.184. The van der Waals surface area contributed by atoms with Gasteiger partial charge in [-0.2, -0.15) is 5.10 Å². The Balaban J connectivity index is 1.35. The van der Waals surface area contributed by atoms with Crippen LogP contribution >= 0.6 is 27.5 Å². The first-order valence-corrected chi connectivity index (χ1v) is 11.3. The molecular formula is C24H21BrClN3O3. The summed E-state index contributed by atoms with van der Waals surface area (Å²) < 4.78 is 13.8. The summed E-state index contributed by atoms with van der Waals surface area (Å²) in [6.07, 6.45) is 2.78.